The quantitative estimate of drug-likeness (QED) is 0.590. The Labute approximate surface area is 171 Å². The van der Waals surface area contributed by atoms with Gasteiger partial charge in [-0.3, -0.25) is 9.59 Å². The Bertz CT molecular complexity index is 1060. The number of rotatable bonds is 6. The summed E-state index contributed by atoms with van der Waals surface area (Å²) < 4.78 is 38.2. The Kier molecular flexibility index (Phi) is 6.20. The molecule has 0 radical (unpaired) electrons. The van der Waals surface area contributed by atoms with E-state index < -0.39 is 11.7 Å². The number of carbonyl (C=O) groups excluding carboxylic acids is 1. The molecule has 0 aliphatic rings. The van der Waals surface area contributed by atoms with Crippen LogP contribution in [0.25, 0.3) is 11.1 Å². The summed E-state index contributed by atoms with van der Waals surface area (Å²) >= 11 is 0. The van der Waals surface area contributed by atoms with Crippen LogP contribution in [-0.4, -0.2) is 17.4 Å². The zero-order valence-electron chi connectivity index (χ0n) is 15.9. The highest BCUT2D eigenvalue weighted by Crippen LogP contribution is 2.31. The summed E-state index contributed by atoms with van der Waals surface area (Å²) in [7, 11) is 0. The molecule has 30 heavy (non-hydrogen) atoms. The van der Waals surface area contributed by atoms with E-state index in [1.165, 1.54) is 24.3 Å². The van der Waals surface area contributed by atoms with E-state index in [-0.39, 0.29) is 11.5 Å². The number of halogens is 3. The van der Waals surface area contributed by atoms with Crippen molar-refractivity contribution in [2.45, 2.75) is 12.6 Å². The topological polar surface area (TPSA) is 53.2 Å². The molecule has 0 unspecified atom stereocenters. The molecular weight excluding hydrogens is 393 g/mol. The molecule has 0 aliphatic carbocycles. The number of carbonyl (C=O) groups is 1. The minimum Gasteiger partial charge on any atom is -0.329 e. The molecule has 2 aromatic carbocycles. The van der Waals surface area contributed by atoms with Crippen molar-refractivity contribution < 1.29 is 18.0 Å². The van der Waals surface area contributed by atoms with Crippen LogP contribution in [0.4, 0.5) is 18.9 Å². The maximum Gasteiger partial charge on any atom is 0.416 e. The molecule has 1 heterocycles. The number of pyridine rings is 1. The number of nitrogens with one attached hydrogen (secondary N) is 1. The van der Waals surface area contributed by atoms with E-state index in [1.54, 1.807) is 41.4 Å². The van der Waals surface area contributed by atoms with E-state index in [1.807, 2.05) is 0 Å². The van der Waals surface area contributed by atoms with Crippen molar-refractivity contribution in [2.75, 3.05) is 11.4 Å². The zero-order valence-corrected chi connectivity index (χ0v) is 15.9. The van der Waals surface area contributed by atoms with Crippen LogP contribution in [-0.2, 0) is 17.4 Å². The van der Waals surface area contributed by atoms with Gasteiger partial charge in [-0.1, -0.05) is 36.9 Å². The van der Waals surface area contributed by atoms with Gasteiger partial charge in [-0.15, -0.1) is 0 Å². The van der Waals surface area contributed by atoms with Crippen molar-refractivity contribution in [3.05, 3.63) is 101 Å². The first-order valence-electron chi connectivity index (χ1n) is 9.17. The van der Waals surface area contributed by atoms with Crippen LogP contribution < -0.4 is 10.5 Å². The van der Waals surface area contributed by atoms with Gasteiger partial charge >= 0.3 is 6.18 Å². The van der Waals surface area contributed by atoms with Crippen molar-refractivity contribution in [3.63, 3.8) is 0 Å². The zero-order chi connectivity index (χ0) is 21.7. The molecule has 1 aromatic heterocycles. The lowest BCUT2D eigenvalue weighted by molar-refractivity contribution is -0.137. The van der Waals surface area contributed by atoms with E-state index in [0.717, 1.165) is 23.3 Å². The Morgan fingerprint density at radius 3 is 2.07 bits per heavy atom. The minimum atomic E-state index is -4.38. The summed E-state index contributed by atoms with van der Waals surface area (Å²) in [6.45, 7) is 3.91. The van der Waals surface area contributed by atoms with E-state index in [2.05, 4.69) is 11.6 Å². The Morgan fingerprint density at radius 1 is 0.967 bits per heavy atom. The predicted molar refractivity (Wildman–Crippen MR) is 110 cm³/mol. The van der Waals surface area contributed by atoms with Crippen molar-refractivity contribution in [1.82, 2.24) is 4.98 Å². The number of amides is 1. The number of aromatic amines is 1. The molecule has 1 N–H and O–H groups in total. The number of benzene rings is 2. The maximum atomic E-state index is 12.7. The molecule has 1 amide bonds. The molecule has 7 heteroatoms. The van der Waals surface area contributed by atoms with Crippen LogP contribution in [0.15, 0.2) is 84.3 Å². The SMILES string of the molecule is C=CC(=O)N(CCc1ccc(=O)[nH]c1)c1ccc(-c2ccc(C(F)(F)F)cc2)cc1. The highest BCUT2D eigenvalue weighted by Gasteiger charge is 2.29. The van der Waals surface area contributed by atoms with Gasteiger partial charge in [0.1, 0.15) is 0 Å². The molecule has 0 saturated heterocycles. The lowest BCUT2D eigenvalue weighted by Gasteiger charge is -2.22. The summed E-state index contributed by atoms with van der Waals surface area (Å²) in [6.07, 6.45) is -1.03. The maximum absolute atomic E-state index is 12.7. The van der Waals surface area contributed by atoms with Gasteiger partial charge in [0.25, 0.3) is 0 Å². The molecule has 0 bridgehead atoms. The monoisotopic (exact) mass is 412 g/mol. The number of nitrogens with zero attached hydrogens (tertiary/aromatic N) is 1. The average molecular weight is 412 g/mol. The third-order valence-corrected chi connectivity index (χ3v) is 4.64. The summed E-state index contributed by atoms with van der Waals surface area (Å²) in [5, 5.41) is 0. The van der Waals surface area contributed by atoms with Gasteiger partial charge in [-0.25, -0.2) is 0 Å². The summed E-state index contributed by atoms with van der Waals surface area (Å²) in [4.78, 5) is 27.6. The number of H-pyrrole nitrogens is 1. The largest absolute Gasteiger partial charge is 0.416 e. The molecular formula is C23H19F3N2O2. The van der Waals surface area contributed by atoms with Crippen LogP contribution in [0.5, 0.6) is 0 Å². The van der Waals surface area contributed by atoms with Gasteiger partial charge < -0.3 is 9.88 Å². The summed E-state index contributed by atoms with van der Waals surface area (Å²) in [5.41, 5.74) is 1.99. The molecule has 0 fully saturated rings. The van der Waals surface area contributed by atoms with Crippen LogP contribution in [0.1, 0.15) is 11.1 Å². The van der Waals surface area contributed by atoms with Gasteiger partial charge in [-0.05, 0) is 53.5 Å². The van der Waals surface area contributed by atoms with Crippen molar-refractivity contribution in [1.29, 1.82) is 0 Å². The second kappa shape index (κ2) is 8.82. The standard InChI is InChI=1S/C23H19F3N2O2/c1-2-22(30)28(14-13-16-3-12-21(29)27-15-16)20-10-6-18(7-11-20)17-4-8-19(9-5-17)23(24,25)26/h2-12,15H,1,13-14H2,(H,27,29). The van der Waals surface area contributed by atoms with Gasteiger partial charge in [0.15, 0.2) is 0 Å². The number of hydrogen-bond donors (Lipinski definition) is 1. The Balaban J connectivity index is 1.78. The highest BCUT2D eigenvalue weighted by atomic mass is 19.4. The third-order valence-electron chi connectivity index (χ3n) is 4.64. The van der Waals surface area contributed by atoms with Gasteiger partial charge in [0.05, 0.1) is 5.56 Å². The molecule has 0 atom stereocenters. The third kappa shape index (κ3) is 5.05. The van der Waals surface area contributed by atoms with Crippen molar-refractivity contribution in [3.8, 4) is 11.1 Å². The highest BCUT2D eigenvalue weighted by molar-refractivity contribution is 6.01. The van der Waals surface area contributed by atoms with Gasteiger partial charge in [-0.2, -0.15) is 13.2 Å². The molecule has 0 spiro atoms. The molecule has 4 nitrogen and oxygen atoms in total. The molecule has 0 aliphatic heterocycles. The first-order chi connectivity index (χ1) is 14.3. The Hall–Kier alpha value is -3.61. The van der Waals surface area contributed by atoms with Gasteiger partial charge in [0.2, 0.25) is 11.5 Å². The van der Waals surface area contributed by atoms with Crippen molar-refractivity contribution in [2.24, 2.45) is 0 Å². The summed E-state index contributed by atoms with van der Waals surface area (Å²) in [5.74, 6) is -0.276. The van der Waals surface area contributed by atoms with Crippen LogP contribution in [0.2, 0.25) is 0 Å². The normalized spacial score (nSPS) is 11.2. The van der Waals surface area contributed by atoms with Crippen LogP contribution in [0, 0.1) is 0 Å². The first-order valence-corrected chi connectivity index (χ1v) is 9.17. The lowest BCUT2D eigenvalue weighted by atomic mass is 10.0. The second-order valence-electron chi connectivity index (χ2n) is 6.63. The van der Waals surface area contributed by atoms with Crippen LogP contribution in [0.3, 0.4) is 0 Å². The van der Waals surface area contributed by atoms with E-state index in [9.17, 15) is 22.8 Å². The number of anilines is 1. The number of aromatic nitrogens is 1. The summed E-state index contributed by atoms with van der Waals surface area (Å²) in [6, 6.07) is 15.0. The van der Waals surface area contributed by atoms with E-state index >= 15 is 0 Å². The fraction of sp³-hybridized carbons (Fsp3) is 0.130. The smallest absolute Gasteiger partial charge is 0.329 e. The number of hydrogen-bond acceptors (Lipinski definition) is 2. The Morgan fingerprint density at radius 2 is 1.57 bits per heavy atom. The van der Waals surface area contributed by atoms with Crippen LogP contribution >= 0.6 is 0 Å². The average Bonchev–Trinajstić information content (AvgIpc) is 2.75. The minimum absolute atomic E-state index is 0.198. The van der Waals surface area contributed by atoms with Crippen molar-refractivity contribution >= 4 is 11.6 Å². The van der Waals surface area contributed by atoms with E-state index in [0.29, 0.717) is 24.2 Å². The first kappa shape index (κ1) is 21.1. The fourth-order valence-corrected chi connectivity index (χ4v) is 3.00. The molecule has 154 valence electrons. The lowest BCUT2D eigenvalue weighted by Crippen LogP contribution is -2.31. The van der Waals surface area contributed by atoms with E-state index in [4.69, 9.17) is 0 Å². The molecule has 0 saturated carbocycles. The number of alkyl halides is 3. The van der Waals surface area contributed by atoms with Gasteiger partial charge in [0, 0.05) is 24.5 Å². The molecule has 3 rings (SSSR count). The molecule has 3 aromatic rings. The second-order valence-corrected chi connectivity index (χ2v) is 6.63. The fourth-order valence-electron chi connectivity index (χ4n) is 3.00. The predicted octanol–water partition coefficient (Wildman–Crippen LogP) is 4.82.